The van der Waals surface area contributed by atoms with Crippen LogP contribution in [0.2, 0.25) is 0 Å². The molecule has 1 N–H and O–H groups in total. The molecule has 1 fully saturated rings. The Labute approximate surface area is 65.8 Å². The zero-order valence-corrected chi connectivity index (χ0v) is 6.62. The highest BCUT2D eigenvalue weighted by molar-refractivity contribution is 5.65. The predicted molar refractivity (Wildman–Crippen MR) is 39.6 cm³/mol. The lowest BCUT2D eigenvalue weighted by Gasteiger charge is -2.10. The number of ether oxygens (including phenoxy) is 1. The Morgan fingerprint density at radius 2 is 2.55 bits per heavy atom. The van der Waals surface area contributed by atoms with E-state index in [2.05, 4.69) is 0 Å². The summed E-state index contributed by atoms with van der Waals surface area (Å²) in [5.74, 6) is 0.399. The number of carboxylic acid groups (broad SMARTS) is 1. The maximum Gasteiger partial charge on any atom is 0.407 e. The zero-order valence-electron chi connectivity index (χ0n) is 6.62. The molecule has 0 aromatic rings. The number of methoxy groups -OCH3 is 1. The van der Waals surface area contributed by atoms with Crippen LogP contribution < -0.4 is 0 Å². The molecule has 1 aliphatic rings. The van der Waals surface area contributed by atoms with Gasteiger partial charge in [0.2, 0.25) is 0 Å². The molecule has 11 heavy (non-hydrogen) atoms. The highest BCUT2D eigenvalue weighted by Crippen LogP contribution is 2.15. The second kappa shape index (κ2) is 3.57. The lowest BCUT2D eigenvalue weighted by Crippen LogP contribution is -2.27. The fraction of sp³-hybridized carbons (Fsp3) is 0.857. The quantitative estimate of drug-likeness (QED) is 0.643. The molecule has 0 radical (unpaired) electrons. The van der Waals surface area contributed by atoms with Gasteiger partial charge in [-0.25, -0.2) is 4.79 Å². The maximum atomic E-state index is 10.4. The van der Waals surface area contributed by atoms with Crippen molar-refractivity contribution in [3.05, 3.63) is 0 Å². The van der Waals surface area contributed by atoms with Gasteiger partial charge in [-0.2, -0.15) is 0 Å². The van der Waals surface area contributed by atoms with Crippen molar-refractivity contribution in [1.29, 1.82) is 0 Å². The molecule has 4 nitrogen and oxygen atoms in total. The first kappa shape index (κ1) is 8.33. The molecular weight excluding hydrogens is 146 g/mol. The van der Waals surface area contributed by atoms with Gasteiger partial charge in [-0.1, -0.05) is 0 Å². The van der Waals surface area contributed by atoms with E-state index < -0.39 is 6.09 Å². The summed E-state index contributed by atoms with van der Waals surface area (Å²) in [6, 6.07) is 0. The molecule has 1 atom stereocenters. The minimum atomic E-state index is -0.816. The van der Waals surface area contributed by atoms with Crippen molar-refractivity contribution in [3.8, 4) is 0 Å². The number of carbonyl (C=O) groups is 1. The van der Waals surface area contributed by atoms with E-state index in [4.69, 9.17) is 9.84 Å². The van der Waals surface area contributed by atoms with Crippen LogP contribution in [0.25, 0.3) is 0 Å². The Morgan fingerprint density at radius 3 is 3.00 bits per heavy atom. The van der Waals surface area contributed by atoms with Crippen molar-refractivity contribution in [3.63, 3.8) is 0 Å². The smallest absolute Gasteiger partial charge is 0.407 e. The molecule has 0 saturated carbocycles. The third-order valence-electron chi connectivity index (χ3n) is 1.96. The van der Waals surface area contributed by atoms with Crippen LogP contribution in [0.5, 0.6) is 0 Å². The zero-order chi connectivity index (χ0) is 8.27. The Hall–Kier alpha value is -0.770. The van der Waals surface area contributed by atoms with Gasteiger partial charge in [-0.3, -0.25) is 0 Å². The van der Waals surface area contributed by atoms with E-state index in [9.17, 15) is 4.79 Å². The van der Waals surface area contributed by atoms with E-state index in [0.717, 1.165) is 6.42 Å². The summed E-state index contributed by atoms with van der Waals surface area (Å²) >= 11 is 0. The molecule has 1 saturated heterocycles. The molecule has 0 spiro atoms. The highest BCUT2D eigenvalue weighted by Gasteiger charge is 2.25. The average molecular weight is 159 g/mol. The Morgan fingerprint density at radius 1 is 1.82 bits per heavy atom. The van der Waals surface area contributed by atoms with E-state index >= 15 is 0 Å². The van der Waals surface area contributed by atoms with Gasteiger partial charge in [0.15, 0.2) is 0 Å². The van der Waals surface area contributed by atoms with Crippen LogP contribution in [-0.2, 0) is 4.74 Å². The molecule has 0 aliphatic carbocycles. The Balaban J connectivity index is 2.29. The molecule has 0 aromatic heterocycles. The molecule has 64 valence electrons. The second-order valence-electron chi connectivity index (χ2n) is 2.84. The van der Waals surface area contributed by atoms with Crippen LogP contribution in [0.4, 0.5) is 4.79 Å². The lowest BCUT2D eigenvalue weighted by molar-refractivity contribution is 0.139. The summed E-state index contributed by atoms with van der Waals surface area (Å²) in [5.41, 5.74) is 0. The molecule has 1 aliphatic heterocycles. The molecule has 0 aromatic carbocycles. The largest absolute Gasteiger partial charge is 0.465 e. The van der Waals surface area contributed by atoms with Crippen molar-refractivity contribution in [2.75, 3.05) is 26.8 Å². The van der Waals surface area contributed by atoms with Crippen LogP contribution in [0.3, 0.4) is 0 Å². The Bertz CT molecular complexity index is 149. The summed E-state index contributed by atoms with van der Waals surface area (Å²) in [5, 5.41) is 8.58. The summed E-state index contributed by atoms with van der Waals surface area (Å²) in [4.78, 5) is 11.9. The van der Waals surface area contributed by atoms with Crippen LogP contribution in [-0.4, -0.2) is 42.9 Å². The molecule has 0 bridgehead atoms. The van der Waals surface area contributed by atoms with Gasteiger partial charge in [-0.15, -0.1) is 0 Å². The number of rotatable bonds is 2. The van der Waals surface area contributed by atoms with Crippen molar-refractivity contribution in [1.82, 2.24) is 4.90 Å². The average Bonchev–Trinajstić information content (AvgIpc) is 2.37. The third-order valence-corrected chi connectivity index (χ3v) is 1.96. The number of hydrogen-bond donors (Lipinski definition) is 1. The van der Waals surface area contributed by atoms with Gasteiger partial charge in [0.05, 0.1) is 6.61 Å². The highest BCUT2D eigenvalue weighted by atomic mass is 16.5. The van der Waals surface area contributed by atoms with Crippen LogP contribution in [0.15, 0.2) is 0 Å². The fourth-order valence-corrected chi connectivity index (χ4v) is 1.38. The standard InChI is InChI=1S/C7H13NO3/c1-11-5-6-2-3-8(4-6)7(9)10/h6H,2-5H2,1H3,(H,9,10)/t6-/m1/s1. The number of nitrogens with zero attached hydrogens (tertiary/aromatic N) is 1. The second-order valence-corrected chi connectivity index (χ2v) is 2.84. The first-order valence-corrected chi connectivity index (χ1v) is 3.71. The van der Waals surface area contributed by atoms with Gasteiger partial charge in [-0.05, 0) is 6.42 Å². The van der Waals surface area contributed by atoms with Gasteiger partial charge in [0, 0.05) is 26.1 Å². The minimum absolute atomic E-state index is 0.399. The van der Waals surface area contributed by atoms with Crippen molar-refractivity contribution in [2.45, 2.75) is 6.42 Å². The normalized spacial score (nSPS) is 24.1. The molecular formula is C7H13NO3. The van der Waals surface area contributed by atoms with Crippen LogP contribution >= 0.6 is 0 Å². The number of likely N-dealkylation sites (tertiary alicyclic amines) is 1. The minimum Gasteiger partial charge on any atom is -0.465 e. The Kier molecular flexibility index (Phi) is 2.70. The van der Waals surface area contributed by atoms with E-state index in [0.29, 0.717) is 25.6 Å². The van der Waals surface area contributed by atoms with Crippen molar-refractivity contribution in [2.24, 2.45) is 5.92 Å². The van der Waals surface area contributed by atoms with E-state index in [1.54, 1.807) is 7.11 Å². The van der Waals surface area contributed by atoms with Gasteiger partial charge in [0.1, 0.15) is 0 Å². The number of hydrogen-bond acceptors (Lipinski definition) is 2. The fourth-order valence-electron chi connectivity index (χ4n) is 1.38. The van der Waals surface area contributed by atoms with Gasteiger partial charge < -0.3 is 14.7 Å². The first-order valence-electron chi connectivity index (χ1n) is 3.71. The maximum absolute atomic E-state index is 10.4. The van der Waals surface area contributed by atoms with E-state index in [1.165, 1.54) is 4.90 Å². The van der Waals surface area contributed by atoms with Crippen LogP contribution in [0.1, 0.15) is 6.42 Å². The summed E-state index contributed by atoms with van der Waals surface area (Å²) < 4.78 is 4.93. The molecule has 0 unspecified atom stereocenters. The lowest BCUT2D eigenvalue weighted by atomic mass is 10.1. The predicted octanol–water partition coefficient (Wildman–Crippen LogP) is 0.633. The summed E-state index contributed by atoms with van der Waals surface area (Å²) in [7, 11) is 1.64. The SMILES string of the molecule is COC[C@@H]1CCN(C(=O)O)C1. The third kappa shape index (κ3) is 2.08. The summed E-state index contributed by atoms with van der Waals surface area (Å²) in [6.45, 7) is 1.95. The molecule has 1 heterocycles. The van der Waals surface area contributed by atoms with E-state index in [-0.39, 0.29) is 0 Å². The summed E-state index contributed by atoms with van der Waals surface area (Å²) in [6.07, 6.45) is 0.115. The topological polar surface area (TPSA) is 49.8 Å². The number of amides is 1. The molecule has 4 heteroatoms. The van der Waals surface area contributed by atoms with Gasteiger partial charge >= 0.3 is 6.09 Å². The first-order chi connectivity index (χ1) is 5.24. The van der Waals surface area contributed by atoms with Gasteiger partial charge in [0.25, 0.3) is 0 Å². The molecule has 1 rings (SSSR count). The molecule has 1 amide bonds. The monoisotopic (exact) mass is 159 g/mol. The van der Waals surface area contributed by atoms with E-state index in [1.807, 2.05) is 0 Å². The van der Waals surface area contributed by atoms with Crippen molar-refractivity contribution < 1.29 is 14.6 Å². The van der Waals surface area contributed by atoms with Crippen LogP contribution in [0, 0.1) is 5.92 Å². The van der Waals surface area contributed by atoms with Crippen molar-refractivity contribution >= 4 is 6.09 Å².